The van der Waals surface area contributed by atoms with E-state index in [1.54, 1.807) is 0 Å². The molecule has 2 rings (SSSR count). The molecule has 0 fully saturated rings. The van der Waals surface area contributed by atoms with Crippen molar-refractivity contribution in [1.82, 2.24) is 0 Å². The molecular weight excluding hydrogens is 256 g/mol. The van der Waals surface area contributed by atoms with E-state index in [1.165, 1.54) is 19.1 Å². The van der Waals surface area contributed by atoms with Gasteiger partial charge in [-0.2, -0.15) is 16.8 Å². The first-order valence-corrected chi connectivity index (χ1v) is 7.10. The van der Waals surface area contributed by atoms with Gasteiger partial charge in [0.25, 0.3) is 0 Å². The normalized spacial score (nSPS) is 23.3. The van der Waals surface area contributed by atoms with Gasteiger partial charge in [0.05, 0.1) is 0 Å². The second-order valence-electron chi connectivity index (χ2n) is 3.12. The van der Waals surface area contributed by atoms with Crippen molar-refractivity contribution in [3.8, 4) is 0 Å². The van der Waals surface area contributed by atoms with Gasteiger partial charge in [-0.25, -0.2) is 8.37 Å². The minimum atomic E-state index is -4.10. The van der Waals surface area contributed by atoms with E-state index < -0.39 is 36.3 Å². The predicted molar refractivity (Wildman–Crippen MR) is 52.4 cm³/mol. The average molecular weight is 264 g/mol. The third-order valence-corrected chi connectivity index (χ3v) is 4.88. The van der Waals surface area contributed by atoms with E-state index in [0.717, 1.165) is 12.1 Å². The maximum atomic E-state index is 11.6. The Kier molecular flexibility index (Phi) is 2.54. The number of fused-ring (bicyclic) bond motifs is 1. The molecule has 0 saturated carbocycles. The summed E-state index contributed by atoms with van der Waals surface area (Å²) in [7, 11) is -8.21. The van der Waals surface area contributed by atoms with E-state index in [4.69, 9.17) is 0 Å². The Morgan fingerprint density at radius 2 is 1.31 bits per heavy atom. The smallest absolute Gasteiger partial charge is 0.233 e. The van der Waals surface area contributed by atoms with Gasteiger partial charge in [0, 0.05) is 0 Å². The van der Waals surface area contributed by atoms with Gasteiger partial charge >= 0.3 is 20.2 Å². The van der Waals surface area contributed by atoms with E-state index in [-0.39, 0.29) is 0 Å². The summed E-state index contributed by atoms with van der Waals surface area (Å²) >= 11 is 0. The zero-order chi connectivity index (χ0) is 12.0. The summed E-state index contributed by atoms with van der Waals surface area (Å²) in [6.45, 7) is 1.20. The maximum absolute atomic E-state index is 11.6. The molecule has 8 heteroatoms. The number of hydrogen-bond acceptors (Lipinski definition) is 6. The molecule has 6 nitrogen and oxygen atoms in total. The maximum Gasteiger partial charge on any atom is 0.300 e. The van der Waals surface area contributed by atoms with Crippen molar-refractivity contribution in [2.24, 2.45) is 0 Å². The molecule has 88 valence electrons. The summed E-state index contributed by atoms with van der Waals surface area (Å²) in [5.74, 6) is 0. The van der Waals surface area contributed by atoms with Crippen LogP contribution >= 0.6 is 0 Å². The van der Waals surface area contributed by atoms with Crippen LogP contribution in [0.2, 0.25) is 0 Å². The lowest BCUT2D eigenvalue weighted by Crippen LogP contribution is -2.16. The van der Waals surface area contributed by atoms with Crippen LogP contribution in [0.15, 0.2) is 34.1 Å². The van der Waals surface area contributed by atoms with Crippen LogP contribution in [0.25, 0.3) is 0 Å². The Morgan fingerprint density at radius 1 is 0.938 bits per heavy atom. The minimum absolute atomic E-state index is 0.403. The molecule has 0 aliphatic carbocycles. The zero-order valence-electron chi connectivity index (χ0n) is 8.15. The van der Waals surface area contributed by atoms with E-state index in [9.17, 15) is 16.8 Å². The molecule has 1 aliphatic heterocycles. The molecule has 1 aliphatic rings. The number of hydrogen-bond donors (Lipinski definition) is 0. The van der Waals surface area contributed by atoms with Gasteiger partial charge in [-0.05, 0) is 19.1 Å². The summed E-state index contributed by atoms with van der Waals surface area (Å²) in [6, 6.07) is 5.13. The highest BCUT2D eigenvalue weighted by atomic mass is 32.2. The highest BCUT2D eigenvalue weighted by Gasteiger charge is 2.35. The molecule has 0 unspecified atom stereocenters. The fourth-order valence-electron chi connectivity index (χ4n) is 1.34. The van der Waals surface area contributed by atoms with E-state index in [2.05, 4.69) is 8.37 Å². The van der Waals surface area contributed by atoms with Crippen LogP contribution in [-0.2, 0) is 28.6 Å². The summed E-state index contributed by atoms with van der Waals surface area (Å²) in [6.07, 6.45) is -1.37. The van der Waals surface area contributed by atoms with Gasteiger partial charge in [-0.3, -0.25) is 0 Å². The second kappa shape index (κ2) is 3.52. The molecule has 0 aromatic heterocycles. The van der Waals surface area contributed by atoms with Crippen LogP contribution in [0.5, 0.6) is 0 Å². The topological polar surface area (TPSA) is 86.7 Å². The Balaban J connectivity index is 2.82. The molecule has 0 atom stereocenters. The first-order chi connectivity index (χ1) is 7.33. The van der Waals surface area contributed by atoms with Crippen molar-refractivity contribution in [2.45, 2.75) is 23.0 Å². The van der Waals surface area contributed by atoms with Gasteiger partial charge in [0.1, 0.15) is 9.79 Å². The van der Waals surface area contributed by atoms with Crippen LogP contribution in [-0.4, -0.2) is 23.1 Å². The standard InChI is InChI=1S/C8H8O6S2/c1-6-13-15(9,10)7-4-2-3-5-8(7)16(11,12)14-6/h2-6H,1H3. The zero-order valence-corrected chi connectivity index (χ0v) is 9.79. The fourth-order valence-corrected chi connectivity index (χ4v) is 4.12. The molecule has 0 saturated heterocycles. The predicted octanol–water partition coefficient (Wildman–Crippen LogP) is 0.457. The Bertz CT molecular complexity index is 561. The van der Waals surface area contributed by atoms with Crippen molar-refractivity contribution in [2.75, 3.05) is 0 Å². The Morgan fingerprint density at radius 3 is 1.69 bits per heavy atom. The lowest BCUT2D eigenvalue weighted by Gasteiger charge is -2.06. The molecular formula is C8H8O6S2. The van der Waals surface area contributed by atoms with Crippen molar-refractivity contribution < 1.29 is 25.2 Å². The van der Waals surface area contributed by atoms with Crippen molar-refractivity contribution in [3.05, 3.63) is 24.3 Å². The average Bonchev–Trinajstić information content (AvgIpc) is 2.21. The lowest BCUT2D eigenvalue weighted by molar-refractivity contribution is 0.0373. The summed E-state index contributed by atoms with van der Waals surface area (Å²) in [5.41, 5.74) is 0. The molecule has 0 amide bonds. The first-order valence-electron chi connectivity index (χ1n) is 4.28. The molecule has 1 aromatic rings. The van der Waals surface area contributed by atoms with Crippen molar-refractivity contribution in [3.63, 3.8) is 0 Å². The van der Waals surface area contributed by atoms with Crippen LogP contribution in [0.1, 0.15) is 6.92 Å². The quantitative estimate of drug-likeness (QED) is 0.632. The summed E-state index contributed by atoms with van der Waals surface area (Å²) in [5, 5.41) is 0. The van der Waals surface area contributed by atoms with Gasteiger partial charge in [0.2, 0.25) is 0 Å². The SMILES string of the molecule is CC1OS(=O)(=O)c2ccccc2S(=O)(=O)O1. The Hall–Kier alpha value is -0.960. The molecule has 16 heavy (non-hydrogen) atoms. The first kappa shape index (κ1) is 11.5. The molecule has 0 bridgehead atoms. The fraction of sp³-hybridized carbons (Fsp3) is 0.250. The molecule has 0 N–H and O–H groups in total. The van der Waals surface area contributed by atoms with Crippen LogP contribution in [0, 0.1) is 0 Å². The van der Waals surface area contributed by atoms with E-state index in [0.29, 0.717) is 0 Å². The van der Waals surface area contributed by atoms with E-state index in [1.807, 2.05) is 0 Å². The van der Waals surface area contributed by atoms with Gasteiger partial charge in [-0.15, -0.1) is 0 Å². The highest BCUT2D eigenvalue weighted by molar-refractivity contribution is 7.90. The van der Waals surface area contributed by atoms with Gasteiger partial charge in [0.15, 0.2) is 6.29 Å². The van der Waals surface area contributed by atoms with E-state index >= 15 is 0 Å². The third kappa shape index (κ3) is 1.84. The molecule has 0 radical (unpaired) electrons. The van der Waals surface area contributed by atoms with Crippen LogP contribution in [0.4, 0.5) is 0 Å². The van der Waals surface area contributed by atoms with Crippen molar-refractivity contribution in [1.29, 1.82) is 0 Å². The highest BCUT2D eigenvalue weighted by Crippen LogP contribution is 2.29. The van der Waals surface area contributed by atoms with Gasteiger partial charge in [-0.1, -0.05) is 12.1 Å². The van der Waals surface area contributed by atoms with Crippen molar-refractivity contribution >= 4 is 20.2 Å². The summed E-state index contributed by atoms with van der Waals surface area (Å²) in [4.78, 5) is -0.807. The third-order valence-electron chi connectivity index (χ3n) is 1.91. The Labute approximate surface area is 93.1 Å². The molecule has 1 aromatic carbocycles. The molecule has 0 spiro atoms. The minimum Gasteiger partial charge on any atom is -0.233 e. The lowest BCUT2D eigenvalue weighted by atomic mass is 10.4. The number of rotatable bonds is 0. The molecule has 1 heterocycles. The second-order valence-corrected chi connectivity index (χ2v) is 6.20. The van der Waals surface area contributed by atoms with Crippen LogP contribution < -0.4 is 0 Å². The van der Waals surface area contributed by atoms with Crippen LogP contribution in [0.3, 0.4) is 0 Å². The number of benzene rings is 1. The monoisotopic (exact) mass is 264 g/mol. The summed E-state index contributed by atoms with van der Waals surface area (Å²) < 4.78 is 55.6. The van der Waals surface area contributed by atoms with Gasteiger partial charge < -0.3 is 0 Å². The largest absolute Gasteiger partial charge is 0.300 e.